The van der Waals surface area contributed by atoms with Crippen LogP contribution in [0.2, 0.25) is 0 Å². The average molecular weight is 335 g/mol. The molecule has 1 aliphatic rings. The third kappa shape index (κ3) is 4.90. The Bertz CT molecular complexity index is 697. The SMILES string of the molecule is Cc1ccc(C(CNCc2ccc(C#N)cc2)N2CCOCC2)cc1. The average Bonchev–Trinajstić information content (AvgIpc) is 2.67. The molecule has 0 amide bonds. The second kappa shape index (κ2) is 8.77. The van der Waals surface area contributed by atoms with Gasteiger partial charge in [-0.25, -0.2) is 0 Å². The van der Waals surface area contributed by atoms with Gasteiger partial charge in [-0.15, -0.1) is 0 Å². The number of nitriles is 1. The van der Waals surface area contributed by atoms with Gasteiger partial charge in [0.15, 0.2) is 0 Å². The van der Waals surface area contributed by atoms with Gasteiger partial charge in [-0.05, 0) is 30.2 Å². The lowest BCUT2D eigenvalue weighted by molar-refractivity contribution is 0.0161. The van der Waals surface area contributed by atoms with E-state index < -0.39 is 0 Å². The Hall–Kier alpha value is -2.19. The first-order valence-electron chi connectivity index (χ1n) is 8.84. The predicted molar refractivity (Wildman–Crippen MR) is 99.2 cm³/mol. The van der Waals surface area contributed by atoms with Crippen molar-refractivity contribution in [2.45, 2.75) is 19.5 Å². The summed E-state index contributed by atoms with van der Waals surface area (Å²) in [4.78, 5) is 2.50. The summed E-state index contributed by atoms with van der Waals surface area (Å²) < 4.78 is 5.51. The highest BCUT2D eigenvalue weighted by Gasteiger charge is 2.22. The number of morpholine rings is 1. The lowest BCUT2D eigenvalue weighted by Gasteiger charge is -2.35. The van der Waals surface area contributed by atoms with Crippen LogP contribution in [0.25, 0.3) is 0 Å². The van der Waals surface area contributed by atoms with Crippen LogP contribution in [0.15, 0.2) is 48.5 Å². The summed E-state index contributed by atoms with van der Waals surface area (Å²) in [5.74, 6) is 0. The Labute approximate surface area is 150 Å². The van der Waals surface area contributed by atoms with Gasteiger partial charge in [-0.1, -0.05) is 42.0 Å². The molecule has 1 atom stereocenters. The number of hydrogen-bond acceptors (Lipinski definition) is 4. The number of hydrogen-bond donors (Lipinski definition) is 1. The van der Waals surface area contributed by atoms with Crippen LogP contribution in [-0.2, 0) is 11.3 Å². The van der Waals surface area contributed by atoms with Crippen LogP contribution < -0.4 is 5.32 Å². The molecule has 3 rings (SSSR count). The lowest BCUT2D eigenvalue weighted by Crippen LogP contribution is -2.42. The molecule has 1 N–H and O–H groups in total. The molecule has 1 unspecified atom stereocenters. The third-order valence-corrected chi connectivity index (χ3v) is 4.70. The Balaban J connectivity index is 1.64. The fourth-order valence-electron chi connectivity index (χ4n) is 3.19. The molecule has 0 saturated carbocycles. The van der Waals surface area contributed by atoms with Crippen molar-refractivity contribution >= 4 is 0 Å². The summed E-state index contributed by atoms with van der Waals surface area (Å²) in [6.07, 6.45) is 0. The minimum Gasteiger partial charge on any atom is -0.379 e. The fraction of sp³-hybridized carbons (Fsp3) is 0.381. The zero-order valence-electron chi connectivity index (χ0n) is 14.7. The van der Waals surface area contributed by atoms with Gasteiger partial charge in [-0.3, -0.25) is 4.90 Å². The van der Waals surface area contributed by atoms with Crippen LogP contribution in [0.4, 0.5) is 0 Å². The molecule has 25 heavy (non-hydrogen) atoms. The highest BCUT2D eigenvalue weighted by molar-refractivity contribution is 5.31. The Morgan fingerprint density at radius 2 is 1.76 bits per heavy atom. The molecule has 0 bridgehead atoms. The van der Waals surface area contributed by atoms with E-state index in [1.54, 1.807) is 0 Å². The topological polar surface area (TPSA) is 48.3 Å². The van der Waals surface area contributed by atoms with Gasteiger partial charge in [-0.2, -0.15) is 5.26 Å². The van der Waals surface area contributed by atoms with Gasteiger partial charge in [0.1, 0.15) is 0 Å². The van der Waals surface area contributed by atoms with Crippen molar-refractivity contribution in [3.63, 3.8) is 0 Å². The van der Waals surface area contributed by atoms with Gasteiger partial charge in [0.2, 0.25) is 0 Å². The maximum absolute atomic E-state index is 8.89. The first kappa shape index (κ1) is 17.6. The van der Waals surface area contributed by atoms with Gasteiger partial charge in [0, 0.05) is 32.2 Å². The molecule has 1 heterocycles. The maximum atomic E-state index is 8.89. The van der Waals surface area contributed by atoms with E-state index >= 15 is 0 Å². The summed E-state index contributed by atoms with van der Waals surface area (Å²) in [5.41, 5.74) is 4.54. The maximum Gasteiger partial charge on any atom is 0.0991 e. The summed E-state index contributed by atoms with van der Waals surface area (Å²) in [7, 11) is 0. The molecule has 1 aliphatic heterocycles. The van der Waals surface area contributed by atoms with Crippen LogP contribution in [0.5, 0.6) is 0 Å². The fourth-order valence-corrected chi connectivity index (χ4v) is 3.19. The second-order valence-electron chi connectivity index (χ2n) is 6.51. The van der Waals surface area contributed by atoms with E-state index in [2.05, 4.69) is 47.5 Å². The van der Waals surface area contributed by atoms with Crippen LogP contribution in [0.1, 0.15) is 28.3 Å². The van der Waals surface area contributed by atoms with Crippen LogP contribution in [0.3, 0.4) is 0 Å². The molecular weight excluding hydrogens is 310 g/mol. The monoisotopic (exact) mass is 335 g/mol. The second-order valence-corrected chi connectivity index (χ2v) is 6.51. The number of aryl methyl sites for hydroxylation is 1. The standard InChI is InChI=1S/C21H25N3O/c1-17-2-8-20(9-3-17)21(24-10-12-25-13-11-24)16-23-15-19-6-4-18(14-22)5-7-19/h2-9,21,23H,10-13,15-16H2,1H3. The molecule has 130 valence electrons. The summed E-state index contributed by atoms with van der Waals surface area (Å²) in [6, 6.07) is 19.1. The Morgan fingerprint density at radius 1 is 1.08 bits per heavy atom. The normalized spacial score (nSPS) is 16.3. The lowest BCUT2D eigenvalue weighted by atomic mass is 10.0. The quantitative estimate of drug-likeness (QED) is 0.881. The summed E-state index contributed by atoms with van der Waals surface area (Å²) in [5, 5.41) is 12.5. The molecule has 2 aromatic carbocycles. The van der Waals surface area contributed by atoms with Gasteiger partial charge < -0.3 is 10.1 Å². The smallest absolute Gasteiger partial charge is 0.0991 e. The molecule has 0 spiro atoms. The first-order valence-corrected chi connectivity index (χ1v) is 8.84. The minimum atomic E-state index is 0.350. The van der Waals surface area contributed by atoms with E-state index in [1.165, 1.54) is 16.7 Å². The molecule has 2 aromatic rings. The van der Waals surface area contributed by atoms with Crippen LogP contribution in [0, 0.1) is 18.3 Å². The first-order chi connectivity index (χ1) is 12.3. The largest absolute Gasteiger partial charge is 0.379 e. The highest BCUT2D eigenvalue weighted by atomic mass is 16.5. The third-order valence-electron chi connectivity index (χ3n) is 4.70. The highest BCUT2D eigenvalue weighted by Crippen LogP contribution is 2.22. The molecule has 1 saturated heterocycles. The van der Waals surface area contributed by atoms with Crippen LogP contribution in [-0.4, -0.2) is 37.7 Å². The van der Waals surface area contributed by atoms with E-state index in [0.717, 1.165) is 39.4 Å². The summed E-state index contributed by atoms with van der Waals surface area (Å²) in [6.45, 7) is 7.36. The molecule has 4 nitrogen and oxygen atoms in total. The van der Waals surface area contributed by atoms with E-state index in [4.69, 9.17) is 10.00 Å². The van der Waals surface area contributed by atoms with Gasteiger partial charge in [0.05, 0.1) is 24.8 Å². The van der Waals surface area contributed by atoms with E-state index in [1.807, 2.05) is 24.3 Å². The van der Waals surface area contributed by atoms with Gasteiger partial charge in [0.25, 0.3) is 0 Å². The Morgan fingerprint density at radius 3 is 2.40 bits per heavy atom. The number of nitrogens with one attached hydrogen (secondary N) is 1. The number of rotatable bonds is 6. The predicted octanol–water partition coefficient (Wildman–Crippen LogP) is 3.03. The van der Waals surface area contributed by atoms with Crippen molar-refractivity contribution in [1.82, 2.24) is 10.2 Å². The minimum absolute atomic E-state index is 0.350. The van der Waals surface area contributed by atoms with Crippen molar-refractivity contribution < 1.29 is 4.74 Å². The molecule has 1 fully saturated rings. The molecular formula is C21H25N3O. The summed E-state index contributed by atoms with van der Waals surface area (Å²) >= 11 is 0. The van der Waals surface area contributed by atoms with Crippen molar-refractivity contribution in [2.24, 2.45) is 0 Å². The van der Waals surface area contributed by atoms with E-state index in [-0.39, 0.29) is 0 Å². The van der Waals surface area contributed by atoms with Crippen molar-refractivity contribution in [2.75, 3.05) is 32.8 Å². The Kier molecular flexibility index (Phi) is 6.19. The number of ether oxygens (including phenoxy) is 1. The zero-order valence-corrected chi connectivity index (χ0v) is 14.7. The number of benzene rings is 2. The zero-order chi connectivity index (χ0) is 17.5. The van der Waals surface area contributed by atoms with Crippen molar-refractivity contribution in [1.29, 1.82) is 5.26 Å². The van der Waals surface area contributed by atoms with Crippen molar-refractivity contribution in [3.8, 4) is 6.07 Å². The molecule has 0 aliphatic carbocycles. The molecule has 4 heteroatoms. The molecule has 0 aromatic heterocycles. The van der Waals surface area contributed by atoms with E-state index in [0.29, 0.717) is 11.6 Å². The van der Waals surface area contributed by atoms with Gasteiger partial charge >= 0.3 is 0 Å². The van der Waals surface area contributed by atoms with Crippen molar-refractivity contribution in [3.05, 3.63) is 70.8 Å². The number of nitrogens with zero attached hydrogens (tertiary/aromatic N) is 2. The molecule has 0 radical (unpaired) electrons. The van der Waals surface area contributed by atoms with E-state index in [9.17, 15) is 0 Å². The van der Waals surface area contributed by atoms with Crippen LogP contribution >= 0.6 is 0 Å².